The number of carboxylic acids is 1. The van der Waals surface area contributed by atoms with E-state index in [2.05, 4.69) is 5.32 Å². The minimum atomic E-state index is -1.11. The van der Waals surface area contributed by atoms with E-state index in [1.807, 2.05) is 0 Å². The highest BCUT2D eigenvalue weighted by atomic mass is 16.5. The Morgan fingerprint density at radius 1 is 1.38 bits per heavy atom. The summed E-state index contributed by atoms with van der Waals surface area (Å²) in [6, 6.07) is 3.15. The van der Waals surface area contributed by atoms with E-state index in [9.17, 15) is 9.59 Å². The maximum absolute atomic E-state index is 11.0. The molecule has 1 aromatic carbocycles. The van der Waals surface area contributed by atoms with Gasteiger partial charge in [-0.15, -0.1) is 0 Å². The van der Waals surface area contributed by atoms with E-state index >= 15 is 0 Å². The summed E-state index contributed by atoms with van der Waals surface area (Å²) in [5.74, 6) is -1.11. The van der Waals surface area contributed by atoms with Crippen molar-refractivity contribution in [2.45, 2.75) is 13.8 Å². The van der Waals surface area contributed by atoms with Crippen LogP contribution in [0.25, 0.3) is 0 Å². The Hall–Kier alpha value is -2.04. The van der Waals surface area contributed by atoms with Crippen LogP contribution in [0.1, 0.15) is 22.8 Å². The van der Waals surface area contributed by atoms with Crippen LogP contribution in [0.15, 0.2) is 12.1 Å². The van der Waals surface area contributed by atoms with Crippen molar-refractivity contribution in [1.29, 1.82) is 0 Å². The van der Waals surface area contributed by atoms with E-state index < -0.39 is 5.97 Å². The predicted molar refractivity (Wildman–Crippen MR) is 59.0 cm³/mol. The summed E-state index contributed by atoms with van der Waals surface area (Å²) in [5, 5.41) is 11.5. The van der Waals surface area contributed by atoms with Crippen LogP contribution in [-0.4, -0.2) is 24.1 Å². The Balaban J connectivity index is 3.38. The molecule has 1 amide bonds. The molecule has 1 aromatic rings. The van der Waals surface area contributed by atoms with Crippen LogP contribution in [0.3, 0.4) is 0 Å². The maximum Gasteiger partial charge on any atom is 0.337 e. The molecular weight excluding hydrogens is 210 g/mol. The number of benzene rings is 1. The normalized spacial score (nSPS) is 9.69. The van der Waals surface area contributed by atoms with E-state index in [1.54, 1.807) is 13.0 Å². The predicted octanol–water partition coefficient (Wildman–Crippen LogP) is 1.66. The highest BCUT2D eigenvalue weighted by Crippen LogP contribution is 2.30. The molecule has 16 heavy (non-hydrogen) atoms. The van der Waals surface area contributed by atoms with Gasteiger partial charge in [-0.25, -0.2) is 4.79 Å². The minimum absolute atomic E-state index is 0.0204. The number of amides is 1. The fourth-order valence-electron chi connectivity index (χ4n) is 1.39. The Morgan fingerprint density at radius 3 is 2.44 bits per heavy atom. The number of nitrogens with one attached hydrogen (secondary N) is 1. The van der Waals surface area contributed by atoms with Gasteiger partial charge in [0.1, 0.15) is 5.75 Å². The minimum Gasteiger partial charge on any atom is -0.495 e. The number of aryl methyl sites for hydroxylation is 1. The van der Waals surface area contributed by atoms with E-state index in [4.69, 9.17) is 9.84 Å². The van der Waals surface area contributed by atoms with Crippen molar-refractivity contribution in [2.75, 3.05) is 12.4 Å². The van der Waals surface area contributed by atoms with Crippen LogP contribution >= 0.6 is 0 Å². The molecule has 0 fully saturated rings. The number of ether oxygens (including phenoxy) is 1. The van der Waals surface area contributed by atoms with E-state index in [-0.39, 0.29) is 17.2 Å². The third kappa shape index (κ3) is 2.50. The lowest BCUT2D eigenvalue weighted by molar-refractivity contribution is -0.114. The zero-order valence-corrected chi connectivity index (χ0v) is 9.33. The lowest BCUT2D eigenvalue weighted by atomic mass is 10.1. The van der Waals surface area contributed by atoms with Crippen LogP contribution in [0.2, 0.25) is 0 Å². The van der Waals surface area contributed by atoms with Gasteiger partial charge in [0.05, 0.1) is 18.4 Å². The van der Waals surface area contributed by atoms with Crippen molar-refractivity contribution < 1.29 is 19.4 Å². The number of aromatic carboxylic acids is 1. The number of hydrogen-bond acceptors (Lipinski definition) is 3. The van der Waals surface area contributed by atoms with Gasteiger partial charge in [0.2, 0.25) is 5.91 Å². The van der Waals surface area contributed by atoms with Gasteiger partial charge in [-0.05, 0) is 24.6 Å². The zero-order chi connectivity index (χ0) is 12.3. The third-order valence-corrected chi connectivity index (χ3v) is 2.00. The van der Waals surface area contributed by atoms with Crippen LogP contribution < -0.4 is 10.1 Å². The molecule has 0 heterocycles. The molecule has 0 unspecified atom stereocenters. The molecule has 0 bridgehead atoms. The van der Waals surface area contributed by atoms with Gasteiger partial charge in [-0.1, -0.05) is 0 Å². The Bertz CT molecular complexity index is 440. The maximum atomic E-state index is 11.0. The summed E-state index contributed by atoms with van der Waals surface area (Å²) >= 11 is 0. The van der Waals surface area contributed by atoms with Crippen molar-refractivity contribution >= 4 is 17.6 Å². The zero-order valence-electron chi connectivity index (χ0n) is 9.33. The van der Waals surface area contributed by atoms with Gasteiger partial charge in [0.15, 0.2) is 0 Å². The summed E-state index contributed by atoms with van der Waals surface area (Å²) in [7, 11) is 1.42. The first kappa shape index (κ1) is 12.0. The molecule has 0 saturated carbocycles. The average Bonchev–Trinajstić information content (AvgIpc) is 2.19. The van der Waals surface area contributed by atoms with E-state index in [0.717, 1.165) is 5.56 Å². The summed E-state index contributed by atoms with van der Waals surface area (Å²) < 4.78 is 5.04. The smallest absolute Gasteiger partial charge is 0.337 e. The number of rotatable bonds is 3. The fourth-order valence-corrected chi connectivity index (χ4v) is 1.39. The van der Waals surface area contributed by atoms with Crippen LogP contribution in [0.5, 0.6) is 5.75 Å². The molecule has 0 aromatic heterocycles. The Kier molecular flexibility index (Phi) is 3.50. The fraction of sp³-hybridized carbons (Fsp3) is 0.273. The van der Waals surface area contributed by atoms with Gasteiger partial charge < -0.3 is 15.2 Å². The standard InChI is InChI=1S/C11H13NO4/c1-6-4-8(11(14)15)10(12-7(2)13)9(5-6)16-3/h4-5H,1-3H3,(H,12,13)(H,14,15). The highest BCUT2D eigenvalue weighted by molar-refractivity contribution is 6.02. The van der Waals surface area contributed by atoms with E-state index in [0.29, 0.717) is 5.75 Å². The van der Waals surface area contributed by atoms with Gasteiger partial charge >= 0.3 is 5.97 Å². The molecule has 2 N–H and O–H groups in total. The highest BCUT2D eigenvalue weighted by Gasteiger charge is 2.16. The van der Waals surface area contributed by atoms with Gasteiger partial charge in [-0.2, -0.15) is 0 Å². The third-order valence-electron chi connectivity index (χ3n) is 2.00. The van der Waals surface area contributed by atoms with Gasteiger partial charge in [-0.3, -0.25) is 4.79 Å². The lowest BCUT2D eigenvalue weighted by Gasteiger charge is -2.12. The molecule has 0 atom stereocenters. The molecule has 86 valence electrons. The molecule has 5 heteroatoms. The molecule has 0 saturated heterocycles. The van der Waals surface area contributed by atoms with Crippen molar-refractivity contribution in [2.24, 2.45) is 0 Å². The number of anilines is 1. The van der Waals surface area contributed by atoms with Crippen molar-refractivity contribution in [3.63, 3.8) is 0 Å². The van der Waals surface area contributed by atoms with Crippen LogP contribution in [-0.2, 0) is 4.79 Å². The second-order valence-corrected chi connectivity index (χ2v) is 3.38. The number of carbonyl (C=O) groups is 2. The number of carboxylic acid groups (broad SMARTS) is 1. The van der Waals surface area contributed by atoms with Gasteiger partial charge in [0.25, 0.3) is 0 Å². The van der Waals surface area contributed by atoms with Crippen molar-refractivity contribution in [3.05, 3.63) is 23.3 Å². The average molecular weight is 223 g/mol. The van der Waals surface area contributed by atoms with E-state index in [1.165, 1.54) is 20.1 Å². The Morgan fingerprint density at radius 2 is 2.00 bits per heavy atom. The first-order chi connectivity index (χ1) is 7.45. The first-order valence-corrected chi connectivity index (χ1v) is 4.65. The second kappa shape index (κ2) is 4.65. The van der Waals surface area contributed by atoms with Crippen molar-refractivity contribution in [1.82, 2.24) is 0 Å². The molecule has 5 nitrogen and oxygen atoms in total. The topological polar surface area (TPSA) is 75.6 Å². The first-order valence-electron chi connectivity index (χ1n) is 4.65. The molecule has 0 aliphatic carbocycles. The molecular formula is C11H13NO4. The van der Waals surface area contributed by atoms with Crippen LogP contribution in [0, 0.1) is 6.92 Å². The lowest BCUT2D eigenvalue weighted by Crippen LogP contribution is -2.12. The molecule has 0 aliphatic rings. The second-order valence-electron chi connectivity index (χ2n) is 3.38. The number of carbonyl (C=O) groups excluding carboxylic acids is 1. The monoisotopic (exact) mass is 223 g/mol. The number of hydrogen-bond donors (Lipinski definition) is 2. The molecule has 0 aliphatic heterocycles. The molecule has 0 spiro atoms. The quantitative estimate of drug-likeness (QED) is 0.817. The largest absolute Gasteiger partial charge is 0.495 e. The summed E-state index contributed by atoms with van der Waals surface area (Å²) in [6.07, 6.45) is 0. The van der Waals surface area contributed by atoms with Crippen molar-refractivity contribution in [3.8, 4) is 5.75 Å². The van der Waals surface area contributed by atoms with Gasteiger partial charge in [0, 0.05) is 6.92 Å². The molecule has 1 rings (SSSR count). The summed E-state index contributed by atoms with van der Waals surface area (Å²) in [5.41, 5.74) is 0.962. The van der Waals surface area contributed by atoms with Crippen LogP contribution in [0.4, 0.5) is 5.69 Å². The number of methoxy groups -OCH3 is 1. The SMILES string of the molecule is COc1cc(C)cc(C(=O)O)c1NC(C)=O. The molecule has 0 radical (unpaired) electrons. The summed E-state index contributed by atoms with van der Waals surface area (Å²) in [6.45, 7) is 3.07. The summed E-state index contributed by atoms with van der Waals surface area (Å²) in [4.78, 5) is 22.0. The Labute approximate surface area is 93.0 Å².